The molecule has 5 heteroatoms. The number of alkyl halides is 1. The number of ether oxygens (including phenoxy) is 1. The molecule has 2 N–H and O–H groups in total. The molecule has 0 radical (unpaired) electrons. The fourth-order valence-corrected chi connectivity index (χ4v) is 3.23. The molecule has 120 valence electrons. The molecule has 0 aromatic carbocycles. The zero-order chi connectivity index (χ0) is 15.1. The minimum absolute atomic E-state index is 0.100. The van der Waals surface area contributed by atoms with E-state index in [1.807, 2.05) is 16.9 Å². The van der Waals surface area contributed by atoms with Crippen LogP contribution in [0.1, 0.15) is 56.7 Å². The quantitative estimate of drug-likeness (QED) is 0.802. The molecule has 1 saturated carbocycles. The second kappa shape index (κ2) is 7.90. The van der Waals surface area contributed by atoms with Gasteiger partial charge < -0.3 is 10.5 Å². The molecule has 1 heterocycles. The van der Waals surface area contributed by atoms with Crippen molar-refractivity contribution in [2.75, 3.05) is 20.3 Å². The number of methoxy groups -OCH3 is 1. The zero-order valence-corrected chi connectivity index (χ0v) is 13.1. The Hall–Kier alpha value is -0.940. The Balaban J connectivity index is 1.98. The van der Waals surface area contributed by atoms with E-state index in [2.05, 4.69) is 5.10 Å². The number of halogens is 1. The van der Waals surface area contributed by atoms with Crippen molar-refractivity contribution in [1.29, 1.82) is 0 Å². The maximum Gasteiger partial charge on any atom is 0.139 e. The van der Waals surface area contributed by atoms with Gasteiger partial charge in [-0.3, -0.25) is 4.68 Å². The fraction of sp³-hybridized carbons (Fsp3) is 0.812. The largest absolute Gasteiger partial charge is 0.381 e. The van der Waals surface area contributed by atoms with Gasteiger partial charge in [-0.25, -0.2) is 4.39 Å². The summed E-state index contributed by atoms with van der Waals surface area (Å²) in [7, 11) is 1.54. The highest BCUT2D eigenvalue weighted by molar-refractivity contribution is 5.05. The molecule has 0 aliphatic heterocycles. The first kappa shape index (κ1) is 16.4. The van der Waals surface area contributed by atoms with E-state index < -0.39 is 5.67 Å². The second-order valence-electron chi connectivity index (χ2n) is 6.23. The minimum atomic E-state index is -1.36. The van der Waals surface area contributed by atoms with E-state index in [1.165, 1.54) is 39.2 Å². The van der Waals surface area contributed by atoms with Crippen LogP contribution in [0.25, 0.3) is 0 Å². The van der Waals surface area contributed by atoms with Crippen molar-refractivity contribution in [3.8, 4) is 0 Å². The maximum atomic E-state index is 14.9. The Morgan fingerprint density at radius 1 is 1.43 bits per heavy atom. The first-order chi connectivity index (χ1) is 10.2. The average molecular weight is 297 g/mol. The molecule has 21 heavy (non-hydrogen) atoms. The summed E-state index contributed by atoms with van der Waals surface area (Å²) in [6.07, 6.45) is 9.64. The molecule has 0 saturated heterocycles. The number of nitrogens with zero attached hydrogens (tertiary/aromatic N) is 2. The van der Waals surface area contributed by atoms with E-state index in [0.717, 1.165) is 5.69 Å². The Morgan fingerprint density at radius 2 is 2.19 bits per heavy atom. The van der Waals surface area contributed by atoms with Gasteiger partial charge in [0.1, 0.15) is 5.67 Å². The Bertz CT molecular complexity index is 417. The molecule has 1 aromatic heterocycles. The van der Waals surface area contributed by atoms with Crippen molar-refractivity contribution in [3.63, 3.8) is 0 Å². The monoisotopic (exact) mass is 297 g/mol. The van der Waals surface area contributed by atoms with E-state index in [0.29, 0.717) is 31.8 Å². The summed E-state index contributed by atoms with van der Waals surface area (Å²) in [5.74, 6) is 0. The molecule has 4 nitrogen and oxygen atoms in total. The first-order valence-corrected chi connectivity index (χ1v) is 8.09. The topological polar surface area (TPSA) is 53.1 Å². The highest BCUT2D eigenvalue weighted by Gasteiger charge is 2.30. The molecule has 1 aliphatic rings. The van der Waals surface area contributed by atoms with Crippen molar-refractivity contribution in [2.24, 2.45) is 5.73 Å². The van der Waals surface area contributed by atoms with Crippen LogP contribution in [0.15, 0.2) is 12.3 Å². The van der Waals surface area contributed by atoms with Gasteiger partial charge >= 0.3 is 0 Å². The molecule has 1 aliphatic carbocycles. The predicted octanol–water partition coefficient (Wildman–Crippen LogP) is 3.02. The molecular weight excluding hydrogens is 269 g/mol. The standard InChI is InChI=1S/C16H28FN3O/c1-21-13-16(17,9-5-10-18)12-14-8-11-20(19-14)15-6-3-2-4-7-15/h8,11,15H,2-7,9-10,12-13,18H2,1H3. The van der Waals surface area contributed by atoms with Crippen LogP contribution in [0, 0.1) is 0 Å². The Morgan fingerprint density at radius 3 is 2.86 bits per heavy atom. The van der Waals surface area contributed by atoms with Gasteiger partial charge in [-0.2, -0.15) is 5.10 Å². The van der Waals surface area contributed by atoms with E-state index in [-0.39, 0.29) is 6.61 Å². The van der Waals surface area contributed by atoms with Crippen molar-refractivity contribution in [3.05, 3.63) is 18.0 Å². The van der Waals surface area contributed by atoms with Crippen LogP contribution in [0.5, 0.6) is 0 Å². The minimum Gasteiger partial charge on any atom is -0.381 e. The van der Waals surface area contributed by atoms with E-state index in [9.17, 15) is 4.39 Å². The van der Waals surface area contributed by atoms with Crippen LogP contribution in [0.3, 0.4) is 0 Å². The maximum absolute atomic E-state index is 14.9. The van der Waals surface area contributed by atoms with Crippen LogP contribution < -0.4 is 5.73 Å². The number of hydrogen-bond acceptors (Lipinski definition) is 3. The smallest absolute Gasteiger partial charge is 0.139 e. The number of rotatable bonds is 8. The summed E-state index contributed by atoms with van der Waals surface area (Å²) in [5, 5.41) is 4.60. The fourth-order valence-electron chi connectivity index (χ4n) is 3.23. The van der Waals surface area contributed by atoms with Gasteiger partial charge in [0.15, 0.2) is 0 Å². The van der Waals surface area contributed by atoms with E-state index in [1.54, 1.807) is 0 Å². The van der Waals surface area contributed by atoms with E-state index >= 15 is 0 Å². The zero-order valence-electron chi connectivity index (χ0n) is 13.1. The molecule has 0 amide bonds. The Kier molecular flexibility index (Phi) is 6.18. The predicted molar refractivity (Wildman–Crippen MR) is 82.1 cm³/mol. The molecule has 1 atom stereocenters. The van der Waals surface area contributed by atoms with Crippen molar-refractivity contribution in [2.45, 2.75) is 63.1 Å². The first-order valence-electron chi connectivity index (χ1n) is 8.09. The summed E-state index contributed by atoms with van der Waals surface area (Å²) in [4.78, 5) is 0. The lowest BCUT2D eigenvalue weighted by atomic mass is 9.95. The van der Waals surface area contributed by atoms with Crippen molar-refractivity contribution in [1.82, 2.24) is 9.78 Å². The average Bonchev–Trinajstić information content (AvgIpc) is 2.94. The molecular formula is C16H28FN3O. The van der Waals surface area contributed by atoms with Crippen LogP contribution in [-0.2, 0) is 11.2 Å². The summed E-state index contributed by atoms with van der Waals surface area (Å²) in [6, 6.07) is 2.44. The van der Waals surface area contributed by atoms with Gasteiger partial charge in [0.25, 0.3) is 0 Å². The van der Waals surface area contributed by atoms with Gasteiger partial charge in [-0.15, -0.1) is 0 Å². The lowest BCUT2D eigenvalue weighted by molar-refractivity contribution is 0.0326. The van der Waals surface area contributed by atoms with Crippen LogP contribution >= 0.6 is 0 Å². The number of aromatic nitrogens is 2. The number of nitrogens with two attached hydrogens (primary N) is 1. The van der Waals surface area contributed by atoms with Gasteiger partial charge in [0.2, 0.25) is 0 Å². The van der Waals surface area contributed by atoms with Gasteiger partial charge in [-0.1, -0.05) is 19.3 Å². The normalized spacial score (nSPS) is 19.6. The van der Waals surface area contributed by atoms with Gasteiger partial charge in [0.05, 0.1) is 18.3 Å². The van der Waals surface area contributed by atoms with Crippen LogP contribution in [-0.4, -0.2) is 35.7 Å². The SMILES string of the molecule is COCC(F)(CCCN)Cc1ccn(C2CCCCC2)n1. The molecule has 2 rings (SSSR count). The molecule has 1 unspecified atom stereocenters. The summed E-state index contributed by atoms with van der Waals surface area (Å²) in [6.45, 7) is 0.606. The Labute approximate surface area is 126 Å². The van der Waals surface area contributed by atoms with Crippen LogP contribution in [0.2, 0.25) is 0 Å². The van der Waals surface area contributed by atoms with Gasteiger partial charge in [0, 0.05) is 19.7 Å². The second-order valence-corrected chi connectivity index (χ2v) is 6.23. The summed E-state index contributed by atoms with van der Waals surface area (Å²) >= 11 is 0. The highest BCUT2D eigenvalue weighted by atomic mass is 19.1. The summed E-state index contributed by atoms with van der Waals surface area (Å²) < 4.78 is 22.0. The summed E-state index contributed by atoms with van der Waals surface area (Å²) in [5.41, 5.74) is 4.96. The van der Waals surface area contributed by atoms with E-state index in [4.69, 9.17) is 10.5 Å². The van der Waals surface area contributed by atoms with Crippen LogP contribution in [0.4, 0.5) is 4.39 Å². The lowest BCUT2D eigenvalue weighted by Gasteiger charge is -2.24. The third kappa shape index (κ3) is 4.78. The van der Waals surface area contributed by atoms with Crippen molar-refractivity contribution >= 4 is 0 Å². The molecule has 1 fully saturated rings. The number of hydrogen-bond donors (Lipinski definition) is 1. The van der Waals surface area contributed by atoms with Gasteiger partial charge in [-0.05, 0) is 38.3 Å². The molecule has 1 aromatic rings. The van der Waals surface area contributed by atoms with Crippen molar-refractivity contribution < 1.29 is 9.13 Å². The molecule has 0 spiro atoms. The lowest BCUT2D eigenvalue weighted by Crippen LogP contribution is -2.32. The third-order valence-corrected chi connectivity index (χ3v) is 4.34. The third-order valence-electron chi connectivity index (χ3n) is 4.34. The highest BCUT2D eigenvalue weighted by Crippen LogP contribution is 2.28. The molecule has 0 bridgehead atoms.